The molecule has 6 nitrogen and oxygen atoms in total. The van der Waals surface area contributed by atoms with Gasteiger partial charge >= 0.3 is 11.7 Å². The number of carboxylic acid groups (broad SMARTS) is 1. The van der Waals surface area contributed by atoms with Gasteiger partial charge < -0.3 is 10.2 Å². The van der Waals surface area contributed by atoms with Crippen LogP contribution in [0.5, 0.6) is 0 Å². The normalized spacial score (nSPS) is 14.2. The Hall–Kier alpha value is -1.69. The highest BCUT2D eigenvalue weighted by atomic mass is 16.7. The van der Waals surface area contributed by atoms with E-state index in [1.165, 1.54) is 19.3 Å². The van der Waals surface area contributed by atoms with Gasteiger partial charge in [-0.05, 0) is 38.5 Å². The summed E-state index contributed by atoms with van der Waals surface area (Å²) in [6.07, 6.45) is 18.0. The molecule has 0 rings (SSSR count). The van der Waals surface area contributed by atoms with Gasteiger partial charge in [0, 0.05) is 0 Å². The Labute approximate surface area is 144 Å². The molecule has 0 fully saturated rings. The first-order chi connectivity index (χ1) is 11.4. The molecule has 0 bridgehead atoms. The predicted octanol–water partition coefficient (Wildman–Crippen LogP) is 4.46. The molecule has 0 aliphatic carbocycles. The van der Waals surface area contributed by atoms with Crippen molar-refractivity contribution in [3.63, 3.8) is 0 Å². The summed E-state index contributed by atoms with van der Waals surface area (Å²) in [5, 5.41) is 28.7. The lowest BCUT2D eigenvalue weighted by Gasteiger charge is -2.13. The van der Waals surface area contributed by atoms with Crippen LogP contribution in [0.25, 0.3) is 0 Å². The summed E-state index contributed by atoms with van der Waals surface area (Å²) in [6, 6.07) is 0. The molecule has 0 aromatic rings. The fourth-order valence-electron chi connectivity index (χ4n) is 2.28. The summed E-state index contributed by atoms with van der Waals surface area (Å²) in [4.78, 5) is 20.2. The van der Waals surface area contributed by atoms with Crippen LogP contribution in [0.15, 0.2) is 24.3 Å². The fourth-order valence-corrected chi connectivity index (χ4v) is 2.28. The number of aliphatic hydroxyl groups is 1. The Bertz CT molecular complexity index is 404. The average Bonchev–Trinajstić information content (AvgIpc) is 2.54. The topological polar surface area (TPSA) is 101 Å². The molecule has 0 heterocycles. The van der Waals surface area contributed by atoms with Gasteiger partial charge in [-0.15, -0.1) is 0 Å². The van der Waals surface area contributed by atoms with Gasteiger partial charge in [-0.1, -0.05) is 56.9 Å². The summed E-state index contributed by atoms with van der Waals surface area (Å²) >= 11 is 0. The number of aliphatic carboxylic acids is 1. The zero-order valence-electron chi connectivity index (χ0n) is 14.7. The second-order valence-electron chi connectivity index (χ2n) is 6.01. The van der Waals surface area contributed by atoms with Crippen LogP contribution in [0.1, 0.15) is 77.6 Å². The molecule has 1 atom stereocenters. The molecule has 0 saturated heterocycles. The van der Waals surface area contributed by atoms with Crippen LogP contribution in [-0.4, -0.2) is 26.8 Å². The van der Waals surface area contributed by atoms with Crippen LogP contribution in [-0.2, 0) is 4.79 Å². The third-order valence-corrected chi connectivity index (χ3v) is 3.87. The lowest BCUT2D eigenvalue weighted by molar-refractivity contribution is -0.608. The van der Waals surface area contributed by atoms with Crippen molar-refractivity contribution >= 4 is 5.97 Å². The monoisotopic (exact) mass is 341 g/mol. The number of nitrogens with zero attached hydrogens (tertiary/aromatic N) is 1. The van der Waals surface area contributed by atoms with E-state index in [9.17, 15) is 20.0 Å². The number of hydrogen-bond donors (Lipinski definition) is 2. The van der Waals surface area contributed by atoms with Crippen molar-refractivity contribution < 1.29 is 19.9 Å². The van der Waals surface area contributed by atoms with Crippen molar-refractivity contribution in [2.24, 2.45) is 0 Å². The summed E-state index contributed by atoms with van der Waals surface area (Å²) in [6.45, 7) is 2.20. The van der Waals surface area contributed by atoms with Crippen LogP contribution in [0.4, 0.5) is 0 Å². The highest BCUT2D eigenvalue weighted by Crippen LogP contribution is 2.17. The zero-order chi connectivity index (χ0) is 18.3. The van der Waals surface area contributed by atoms with E-state index in [0.29, 0.717) is 12.8 Å². The molecule has 0 amide bonds. The van der Waals surface area contributed by atoms with Crippen molar-refractivity contribution in [1.29, 1.82) is 0 Å². The van der Waals surface area contributed by atoms with Gasteiger partial charge in [0.15, 0.2) is 0 Å². The highest BCUT2D eigenvalue weighted by Gasteiger charge is 2.48. The molecule has 0 aromatic carbocycles. The van der Waals surface area contributed by atoms with E-state index in [1.807, 2.05) is 0 Å². The Kier molecular flexibility index (Phi) is 12.8. The molecule has 2 N–H and O–H groups in total. The lowest BCUT2D eigenvalue weighted by atomic mass is 10.0. The number of hydrogen-bond acceptors (Lipinski definition) is 4. The maximum atomic E-state index is 10.7. The van der Waals surface area contributed by atoms with Gasteiger partial charge in [0.2, 0.25) is 0 Å². The first-order valence-electron chi connectivity index (χ1n) is 8.85. The minimum Gasteiger partial charge on any atom is -0.474 e. The van der Waals surface area contributed by atoms with Crippen LogP contribution in [0.3, 0.4) is 0 Å². The first kappa shape index (κ1) is 22.3. The lowest BCUT2D eigenvalue weighted by Crippen LogP contribution is -2.46. The maximum Gasteiger partial charge on any atom is 0.419 e. The molecule has 0 aromatic heterocycles. The number of carboxylic acids is 1. The average molecular weight is 341 g/mol. The van der Waals surface area contributed by atoms with Crippen molar-refractivity contribution in [2.45, 2.75) is 83.3 Å². The maximum absolute atomic E-state index is 10.7. The third-order valence-electron chi connectivity index (χ3n) is 3.87. The van der Waals surface area contributed by atoms with E-state index < -0.39 is 16.6 Å². The minimum atomic E-state index is -2.84. The molecule has 1 unspecified atom stereocenters. The van der Waals surface area contributed by atoms with Crippen LogP contribution in [0.2, 0.25) is 0 Å². The Morgan fingerprint density at radius 3 is 2.04 bits per heavy atom. The number of nitro groups is 1. The van der Waals surface area contributed by atoms with E-state index in [0.717, 1.165) is 32.1 Å². The van der Waals surface area contributed by atoms with E-state index in [1.54, 1.807) is 0 Å². The summed E-state index contributed by atoms with van der Waals surface area (Å²) in [5.41, 5.74) is -2.84. The second-order valence-corrected chi connectivity index (χ2v) is 6.01. The standard InChI is InChI=1S/C18H31NO5/c1-2-3-4-5-6-7-8-9-10-11-12-13-14-15-16-18(22,17(20)21)19(23)24/h6-7,9-10,22H,2-5,8,11-16H2,1H3,(H,20,21)/b7-6-,10-9-. The van der Waals surface area contributed by atoms with Gasteiger partial charge in [0.25, 0.3) is 0 Å². The third kappa shape index (κ3) is 10.2. The Morgan fingerprint density at radius 2 is 1.54 bits per heavy atom. The zero-order valence-corrected chi connectivity index (χ0v) is 14.7. The van der Waals surface area contributed by atoms with Gasteiger partial charge in [-0.3, -0.25) is 10.1 Å². The molecule has 0 aliphatic rings. The van der Waals surface area contributed by atoms with Gasteiger partial charge in [-0.2, -0.15) is 0 Å². The number of rotatable bonds is 15. The van der Waals surface area contributed by atoms with E-state index in [4.69, 9.17) is 5.11 Å². The van der Waals surface area contributed by atoms with Crippen molar-refractivity contribution in [2.75, 3.05) is 0 Å². The van der Waals surface area contributed by atoms with Crippen molar-refractivity contribution in [3.05, 3.63) is 34.4 Å². The fraction of sp³-hybridized carbons (Fsp3) is 0.722. The molecule has 0 spiro atoms. The summed E-state index contributed by atoms with van der Waals surface area (Å²) in [7, 11) is 0. The largest absolute Gasteiger partial charge is 0.474 e. The molecule has 0 saturated carbocycles. The highest BCUT2D eigenvalue weighted by molar-refractivity contribution is 5.74. The SMILES string of the molecule is CCCCC/C=C\C/C=C\CCCCCCC(O)(C(=O)O)[N+](=O)[O-]. The molecule has 24 heavy (non-hydrogen) atoms. The van der Waals surface area contributed by atoms with Crippen molar-refractivity contribution in [3.8, 4) is 0 Å². The van der Waals surface area contributed by atoms with E-state index in [-0.39, 0.29) is 6.42 Å². The van der Waals surface area contributed by atoms with Gasteiger partial charge in [0.1, 0.15) is 0 Å². The molecule has 6 heteroatoms. The number of carbonyl (C=O) groups is 1. The smallest absolute Gasteiger partial charge is 0.419 e. The second kappa shape index (κ2) is 13.7. The molecule has 138 valence electrons. The summed E-state index contributed by atoms with van der Waals surface area (Å²) < 4.78 is 0. The number of unbranched alkanes of at least 4 members (excludes halogenated alkanes) is 7. The number of allylic oxidation sites excluding steroid dienone is 4. The van der Waals surface area contributed by atoms with Gasteiger partial charge in [0.05, 0.1) is 11.3 Å². The summed E-state index contributed by atoms with van der Waals surface area (Å²) in [5.74, 6) is -1.79. The minimum absolute atomic E-state index is 0.327. The Morgan fingerprint density at radius 1 is 1.00 bits per heavy atom. The van der Waals surface area contributed by atoms with Crippen LogP contribution >= 0.6 is 0 Å². The Balaban J connectivity index is 3.62. The van der Waals surface area contributed by atoms with Crippen LogP contribution < -0.4 is 0 Å². The van der Waals surface area contributed by atoms with Gasteiger partial charge in [-0.25, -0.2) is 4.79 Å². The molecule has 0 aliphatic heterocycles. The van der Waals surface area contributed by atoms with E-state index >= 15 is 0 Å². The van der Waals surface area contributed by atoms with Crippen molar-refractivity contribution in [1.82, 2.24) is 0 Å². The van der Waals surface area contributed by atoms with Crippen LogP contribution in [0, 0.1) is 10.1 Å². The quantitative estimate of drug-likeness (QED) is 0.151. The molecular formula is C18H31NO5. The predicted molar refractivity (Wildman–Crippen MR) is 94.3 cm³/mol. The molecule has 0 radical (unpaired) electrons. The first-order valence-corrected chi connectivity index (χ1v) is 8.85. The molecular weight excluding hydrogens is 310 g/mol. The van der Waals surface area contributed by atoms with E-state index in [2.05, 4.69) is 31.2 Å².